The Hall–Kier alpha value is -0.690. The molecule has 5 heteroatoms. The zero-order chi connectivity index (χ0) is 15.2. The molecule has 3 nitrogen and oxygen atoms in total. The molecule has 112 valence electrons. The molecule has 1 saturated carbocycles. The van der Waals surface area contributed by atoms with Gasteiger partial charge in [-0.05, 0) is 53.0 Å². The van der Waals surface area contributed by atoms with Gasteiger partial charge in [-0.3, -0.25) is 0 Å². The van der Waals surface area contributed by atoms with E-state index < -0.39 is 0 Å². The highest BCUT2D eigenvalue weighted by molar-refractivity contribution is 14.1. The molecule has 1 fully saturated rings. The second-order valence-corrected chi connectivity index (χ2v) is 8.70. The van der Waals surface area contributed by atoms with Crippen molar-refractivity contribution in [3.63, 3.8) is 0 Å². The molecule has 1 aliphatic carbocycles. The second-order valence-electron chi connectivity index (χ2n) is 6.53. The molecule has 2 aromatic heterocycles. The summed E-state index contributed by atoms with van der Waals surface area (Å²) in [4.78, 5) is 12.1. The van der Waals surface area contributed by atoms with E-state index in [4.69, 9.17) is 9.97 Å². The molecule has 1 N–H and O–H groups in total. The quantitative estimate of drug-likeness (QED) is 0.718. The monoisotopic (exact) mass is 413 g/mol. The summed E-state index contributed by atoms with van der Waals surface area (Å²) in [6.45, 7) is 6.73. The highest BCUT2D eigenvalue weighted by Gasteiger charge is 2.29. The fourth-order valence-corrected chi connectivity index (χ4v) is 4.18. The van der Waals surface area contributed by atoms with E-state index in [-0.39, 0.29) is 5.41 Å². The summed E-state index contributed by atoms with van der Waals surface area (Å²) in [6, 6.07) is 4.36. The van der Waals surface area contributed by atoms with Crippen LogP contribution in [0, 0.1) is 3.57 Å². The summed E-state index contributed by atoms with van der Waals surface area (Å²) in [6.07, 6.45) is 2.51. The van der Waals surface area contributed by atoms with Crippen molar-refractivity contribution in [3.8, 4) is 10.7 Å². The third-order valence-electron chi connectivity index (χ3n) is 3.64. The molecule has 0 amide bonds. The fraction of sp³-hybridized carbons (Fsp3) is 0.500. The van der Waals surface area contributed by atoms with Gasteiger partial charge in [0.1, 0.15) is 5.82 Å². The molecule has 2 heterocycles. The van der Waals surface area contributed by atoms with Crippen molar-refractivity contribution in [2.75, 3.05) is 12.4 Å². The van der Waals surface area contributed by atoms with E-state index in [1.165, 1.54) is 27.0 Å². The first-order chi connectivity index (χ1) is 9.90. The lowest BCUT2D eigenvalue weighted by Crippen LogP contribution is -2.07. The van der Waals surface area contributed by atoms with E-state index in [1.807, 2.05) is 7.05 Å². The number of aromatic nitrogens is 2. The molecule has 0 spiro atoms. The number of rotatable bonds is 3. The Labute approximate surface area is 143 Å². The van der Waals surface area contributed by atoms with Crippen LogP contribution in [0.25, 0.3) is 10.7 Å². The van der Waals surface area contributed by atoms with Crippen LogP contribution in [-0.4, -0.2) is 17.0 Å². The van der Waals surface area contributed by atoms with Gasteiger partial charge in [0.15, 0.2) is 5.82 Å². The number of thiophene rings is 1. The van der Waals surface area contributed by atoms with Crippen LogP contribution in [0.5, 0.6) is 0 Å². The largest absolute Gasteiger partial charge is 0.372 e. The normalized spacial score (nSPS) is 15.3. The zero-order valence-electron chi connectivity index (χ0n) is 12.8. The predicted molar refractivity (Wildman–Crippen MR) is 98.3 cm³/mol. The van der Waals surface area contributed by atoms with Crippen molar-refractivity contribution in [3.05, 3.63) is 26.3 Å². The van der Waals surface area contributed by atoms with Crippen molar-refractivity contribution in [1.29, 1.82) is 0 Å². The number of halogens is 1. The van der Waals surface area contributed by atoms with Crippen LogP contribution in [-0.2, 0) is 5.41 Å². The van der Waals surface area contributed by atoms with Crippen LogP contribution in [0.4, 0.5) is 5.82 Å². The molecule has 1 aliphatic rings. The lowest BCUT2D eigenvalue weighted by Gasteiger charge is -2.15. The van der Waals surface area contributed by atoms with E-state index in [0.717, 1.165) is 16.5 Å². The first-order valence-electron chi connectivity index (χ1n) is 7.26. The van der Waals surface area contributed by atoms with E-state index in [0.29, 0.717) is 5.92 Å². The third-order valence-corrected chi connectivity index (χ3v) is 6.21. The first kappa shape index (κ1) is 15.2. The SMILES string of the molecule is CNc1nc(-c2ccc(C(C)(C)C)s2)nc(C2CC2)c1I. The van der Waals surface area contributed by atoms with Gasteiger partial charge < -0.3 is 5.32 Å². The number of hydrogen-bond acceptors (Lipinski definition) is 4. The second kappa shape index (κ2) is 5.50. The standard InChI is InChI=1S/C16H20IN3S/c1-16(2,3)11-8-7-10(21-11)14-19-13(9-5-6-9)12(17)15(18-4)20-14/h7-9H,5-6H2,1-4H3,(H,18,19,20). The summed E-state index contributed by atoms with van der Waals surface area (Å²) in [5, 5.41) is 3.21. The van der Waals surface area contributed by atoms with Gasteiger partial charge in [0.2, 0.25) is 0 Å². The maximum atomic E-state index is 4.86. The van der Waals surface area contributed by atoms with Crippen molar-refractivity contribution < 1.29 is 0 Å². The van der Waals surface area contributed by atoms with Gasteiger partial charge >= 0.3 is 0 Å². The molecule has 2 aromatic rings. The van der Waals surface area contributed by atoms with Gasteiger partial charge in [-0.25, -0.2) is 9.97 Å². The van der Waals surface area contributed by atoms with Crippen LogP contribution < -0.4 is 5.32 Å². The van der Waals surface area contributed by atoms with Crippen LogP contribution in [0.3, 0.4) is 0 Å². The van der Waals surface area contributed by atoms with Gasteiger partial charge in [0, 0.05) is 17.8 Å². The predicted octanol–water partition coefficient (Wildman–Crippen LogP) is 5.03. The highest BCUT2D eigenvalue weighted by Crippen LogP contribution is 2.43. The lowest BCUT2D eigenvalue weighted by molar-refractivity contribution is 0.604. The molecule has 0 radical (unpaired) electrons. The Bertz CT molecular complexity index is 669. The van der Waals surface area contributed by atoms with Gasteiger partial charge in [-0.1, -0.05) is 20.8 Å². The number of nitrogens with zero attached hydrogens (tertiary/aromatic N) is 2. The topological polar surface area (TPSA) is 37.8 Å². The molecular formula is C16H20IN3S. The van der Waals surface area contributed by atoms with Crippen LogP contribution in [0.1, 0.15) is 50.1 Å². The molecular weight excluding hydrogens is 393 g/mol. The third kappa shape index (κ3) is 3.08. The first-order valence-corrected chi connectivity index (χ1v) is 9.15. The Balaban J connectivity index is 2.05. The minimum absolute atomic E-state index is 0.178. The fourth-order valence-electron chi connectivity index (χ4n) is 2.23. The summed E-state index contributed by atoms with van der Waals surface area (Å²) >= 11 is 4.17. The molecule has 0 aromatic carbocycles. The van der Waals surface area contributed by atoms with E-state index in [2.05, 4.69) is 60.8 Å². The minimum atomic E-state index is 0.178. The van der Waals surface area contributed by atoms with Crippen molar-refractivity contribution in [2.45, 2.75) is 44.9 Å². The van der Waals surface area contributed by atoms with Gasteiger partial charge in [-0.15, -0.1) is 11.3 Å². The van der Waals surface area contributed by atoms with Gasteiger partial charge in [0.05, 0.1) is 14.1 Å². The zero-order valence-corrected chi connectivity index (χ0v) is 15.8. The van der Waals surface area contributed by atoms with Crippen LogP contribution in [0.15, 0.2) is 12.1 Å². The highest BCUT2D eigenvalue weighted by atomic mass is 127. The number of hydrogen-bond donors (Lipinski definition) is 1. The summed E-state index contributed by atoms with van der Waals surface area (Å²) in [5.74, 6) is 2.45. The minimum Gasteiger partial charge on any atom is -0.372 e. The van der Waals surface area contributed by atoms with E-state index in [9.17, 15) is 0 Å². The lowest BCUT2D eigenvalue weighted by atomic mass is 9.95. The van der Waals surface area contributed by atoms with Crippen molar-refractivity contribution in [1.82, 2.24) is 9.97 Å². The Morgan fingerprint density at radius 3 is 2.48 bits per heavy atom. The van der Waals surface area contributed by atoms with Crippen molar-refractivity contribution >= 4 is 39.7 Å². The van der Waals surface area contributed by atoms with E-state index >= 15 is 0 Å². The average Bonchev–Trinajstić information content (AvgIpc) is 3.13. The maximum absolute atomic E-state index is 4.86. The maximum Gasteiger partial charge on any atom is 0.171 e. The number of nitrogens with one attached hydrogen (secondary N) is 1. The van der Waals surface area contributed by atoms with Crippen molar-refractivity contribution in [2.24, 2.45) is 0 Å². The number of anilines is 1. The molecule has 0 unspecified atom stereocenters. The smallest absolute Gasteiger partial charge is 0.171 e. The van der Waals surface area contributed by atoms with Crippen LogP contribution in [0.2, 0.25) is 0 Å². The summed E-state index contributed by atoms with van der Waals surface area (Å²) in [5.41, 5.74) is 1.40. The molecule has 0 atom stereocenters. The van der Waals surface area contributed by atoms with Crippen LogP contribution >= 0.6 is 33.9 Å². The Morgan fingerprint density at radius 2 is 1.95 bits per heavy atom. The molecule has 0 aliphatic heterocycles. The molecule has 0 bridgehead atoms. The van der Waals surface area contributed by atoms with Gasteiger partial charge in [-0.2, -0.15) is 0 Å². The molecule has 3 rings (SSSR count). The Morgan fingerprint density at radius 1 is 1.24 bits per heavy atom. The van der Waals surface area contributed by atoms with E-state index in [1.54, 1.807) is 11.3 Å². The van der Waals surface area contributed by atoms with Gasteiger partial charge in [0.25, 0.3) is 0 Å². The summed E-state index contributed by atoms with van der Waals surface area (Å²) in [7, 11) is 1.93. The summed E-state index contributed by atoms with van der Waals surface area (Å²) < 4.78 is 1.17. The molecule has 21 heavy (non-hydrogen) atoms. The molecule has 0 saturated heterocycles. The average molecular weight is 413 g/mol. The Kier molecular flexibility index (Phi) is 3.98.